The van der Waals surface area contributed by atoms with Crippen molar-refractivity contribution in [2.75, 3.05) is 4.72 Å². The van der Waals surface area contributed by atoms with Gasteiger partial charge in [0.15, 0.2) is 0 Å². The number of alkyl halides is 2. The van der Waals surface area contributed by atoms with Crippen LogP contribution in [-0.2, 0) is 10.0 Å². The molecular formula is C15H15F2NO3S. The van der Waals surface area contributed by atoms with Gasteiger partial charge in [0.1, 0.15) is 5.75 Å². The van der Waals surface area contributed by atoms with Gasteiger partial charge in [-0.2, -0.15) is 8.78 Å². The van der Waals surface area contributed by atoms with E-state index in [0.717, 1.165) is 5.56 Å². The van der Waals surface area contributed by atoms with Crippen LogP contribution in [0.3, 0.4) is 0 Å². The van der Waals surface area contributed by atoms with E-state index >= 15 is 0 Å². The van der Waals surface area contributed by atoms with Crippen molar-refractivity contribution in [1.82, 2.24) is 0 Å². The van der Waals surface area contributed by atoms with Gasteiger partial charge in [-0.3, -0.25) is 4.72 Å². The molecule has 4 nitrogen and oxygen atoms in total. The molecule has 0 spiro atoms. The number of hydrogen-bond acceptors (Lipinski definition) is 3. The third-order valence-corrected chi connectivity index (χ3v) is 4.49. The molecule has 0 saturated carbocycles. The molecule has 2 aromatic carbocycles. The van der Waals surface area contributed by atoms with Crippen LogP contribution in [0.25, 0.3) is 0 Å². The minimum Gasteiger partial charge on any atom is -0.435 e. The summed E-state index contributed by atoms with van der Waals surface area (Å²) in [6.45, 7) is 0.583. The second kappa shape index (κ2) is 6.31. The van der Waals surface area contributed by atoms with E-state index < -0.39 is 16.6 Å². The Bertz CT molecular complexity index is 759. The molecular weight excluding hydrogens is 312 g/mol. The zero-order chi connectivity index (χ0) is 16.3. The quantitative estimate of drug-likeness (QED) is 0.911. The summed E-state index contributed by atoms with van der Waals surface area (Å²) in [4.78, 5) is 0.181. The first-order chi connectivity index (χ1) is 10.3. The van der Waals surface area contributed by atoms with Crippen molar-refractivity contribution in [3.63, 3.8) is 0 Å². The highest BCUT2D eigenvalue weighted by molar-refractivity contribution is 7.92. The first-order valence-electron chi connectivity index (χ1n) is 6.43. The summed E-state index contributed by atoms with van der Waals surface area (Å²) in [5.41, 5.74) is 1.71. The minimum atomic E-state index is -3.74. The molecule has 0 amide bonds. The van der Waals surface area contributed by atoms with Crippen LogP contribution in [0.2, 0.25) is 0 Å². The maximum Gasteiger partial charge on any atom is 0.387 e. The molecule has 7 heteroatoms. The van der Waals surface area contributed by atoms with Crippen LogP contribution >= 0.6 is 0 Å². The van der Waals surface area contributed by atoms with Crippen molar-refractivity contribution in [3.8, 4) is 5.75 Å². The fourth-order valence-corrected chi connectivity index (χ4v) is 3.30. The molecule has 0 aliphatic carbocycles. The normalized spacial score (nSPS) is 11.5. The zero-order valence-electron chi connectivity index (χ0n) is 12.0. The lowest BCUT2D eigenvalue weighted by Crippen LogP contribution is -2.14. The number of benzene rings is 2. The van der Waals surface area contributed by atoms with E-state index in [2.05, 4.69) is 9.46 Å². The molecule has 0 fully saturated rings. The Hall–Kier alpha value is -2.15. The monoisotopic (exact) mass is 327 g/mol. The van der Waals surface area contributed by atoms with Gasteiger partial charge in [0.2, 0.25) is 0 Å². The molecule has 0 aliphatic heterocycles. The van der Waals surface area contributed by atoms with Gasteiger partial charge in [0.25, 0.3) is 10.0 Å². The summed E-state index contributed by atoms with van der Waals surface area (Å²) in [6.07, 6.45) is 0. The number of rotatable bonds is 5. The molecule has 0 saturated heterocycles. The van der Waals surface area contributed by atoms with E-state index in [1.807, 2.05) is 6.07 Å². The SMILES string of the molecule is Cc1ccc(C)c(S(=O)(=O)Nc2ccc(OC(F)F)cc2)c1. The van der Waals surface area contributed by atoms with E-state index in [0.29, 0.717) is 5.56 Å². The smallest absolute Gasteiger partial charge is 0.387 e. The first-order valence-corrected chi connectivity index (χ1v) is 7.91. The lowest BCUT2D eigenvalue weighted by Gasteiger charge is -2.12. The Labute approximate surface area is 127 Å². The summed E-state index contributed by atoms with van der Waals surface area (Å²) in [5.74, 6) is -0.0373. The summed E-state index contributed by atoms with van der Waals surface area (Å²) in [6, 6.07) is 10.4. The van der Waals surface area contributed by atoms with Crippen LogP contribution < -0.4 is 9.46 Å². The Morgan fingerprint density at radius 2 is 1.68 bits per heavy atom. The fourth-order valence-electron chi connectivity index (χ4n) is 1.91. The van der Waals surface area contributed by atoms with Gasteiger partial charge in [0, 0.05) is 5.69 Å². The Balaban J connectivity index is 2.23. The van der Waals surface area contributed by atoms with Crippen molar-refractivity contribution >= 4 is 15.7 Å². The van der Waals surface area contributed by atoms with Gasteiger partial charge in [-0.15, -0.1) is 0 Å². The predicted molar refractivity (Wildman–Crippen MR) is 79.8 cm³/mol. The highest BCUT2D eigenvalue weighted by Gasteiger charge is 2.17. The predicted octanol–water partition coefficient (Wildman–Crippen LogP) is 3.71. The van der Waals surface area contributed by atoms with Crippen LogP contribution in [0.15, 0.2) is 47.4 Å². The third-order valence-electron chi connectivity index (χ3n) is 2.96. The highest BCUT2D eigenvalue weighted by Crippen LogP contribution is 2.23. The Kier molecular flexibility index (Phi) is 4.65. The van der Waals surface area contributed by atoms with E-state index in [-0.39, 0.29) is 16.3 Å². The average molecular weight is 327 g/mol. The van der Waals surface area contributed by atoms with Crippen molar-refractivity contribution in [2.45, 2.75) is 25.4 Å². The van der Waals surface area contributed by atoms with E-state index in [9.17, 15) is 17.2 Å². The molecule has 0 heterocycles. The van der Waals surface area contributed by atoms with Gasteiger partial charge in [-0.05, 0) is 55.3 Å². The van der Waals surface area contributed by atoms with Crippen LogP contribution in [0.5, 0.6) is 5.75 Å². The van der Waals surface area contributed by atoms with E-state index in [1.165, 1.54) is 24.3 Å². The van der Waals surface area contributed by atoms with Crippen molar-refractivity contribution in [1.29, 1.82) is 0 Å². The van der Waals surface area contributed by atoms with Crippen molar-refractivity contribution < 1.29 is 21.9 Å². The third kappa shape index (κ3) is 3.94. The summed E-state index contributed by atoms with van der Waals surface area (Å²) < 4.78 is 55.5. The molecule has 0 aliphatic rings. The summed E-state index contributed by atoms with van der Waals surface area (Å²) in [5, 5.41) is 0. The Morgan fingerprint density at radius 3 is 2.27 bits per heavy atom. The van der Waals surface area contributed by atoms with Gasteiger partial charge in [0.05, 0.1) is 4.90 Å². The number of ether oxygens (including phenoxy) is 1. The summed E-state index contributed by atoms with van der Waals surface area (Å²) in [7, 11) is -3.74. The van der Waals surface area contributed by atoms with Crippen molar-refractivity contribution in [3.05, 3.63) is 53.6 Å². The van der Waals surface area contributed by atoms with Crippen molar-refractivity contribution in [2.24, 2.45) is 0 Å². The first kappa shape index (κ1) is 16.2. The van der Waals surface area contributed by atoms with E-state index in [1.54, 1.807) is 26.0 Å². The number of anilines is 1. The molecule has 2 rings (SSSR count). The van der Waals surface area contributed by atoms with Gasteiger partial charge < -0.3 is 4.74 Å². The molecule has 0 bridgehead atoms. The second-order valence-electron chi connectivity index (χ2n) is 4.78. The second-order valence-corrected chi connectivity index (χ2v) is 6.43. The largest absolute Gasteiger partial charge is 0.435 e. The summed E-state index contributed by atoms with van der Waals surface area (Å²) >= 11 is 0. The molecule has 2 aromatic rings. The van der Waals surface area contributed by atoms with Gasteiger partial charge in [-0.1, -0.05) is 12.1 Å². The van der Waals surface area contributed by atoms with E-state index in [4.69, 9.17) is 0 Å². The van der Waals surface area contributed by atoms with Gasteiger partial charge in [-0.25, -0.2) is 8.42 Å². The number of aryl methyl sites for hydroxylation is 2. The molecule has 0 unspecified atom stereocenters. The number of nitrogens with one attached hydrogen (secondary N) is 1. The molecule has 118 valence electrons. The van der Waals surface area contributed by atoms with Crippen LogP contribution in [0, 0.1) is 13.8 Å². The zero-order valence-corrected chi connectivity index (χ0v) is 12.8. The van der Waals surface area contributed by atoms with Gasteiger partial charge >= 0.3 is 6.61 Å². The average Bonchev–Trinajstić information content (AvgIpc) is 2.43. The molecule has 22 heavy (non-hydrogen) atoms. The molecule has 0 aromatic heterocycles. The van der Waals surface area contributed by atoms with Crippen LogP contribution in [0.4, 0.5) is 14.5 Å². The Morgan fingerprint density at radius 1 is 1.05 bits per heavy atom. The molecule has 0 radical (unpaired) electrons. The van der Waals surface area contributed by atoms with Crippen LogP contribution in [-0.4, -0.2) is 15.0 Å². The number of sulfonamides is 1. The fraction of sp³-hybridized carbons (Fsp3) is 0.200. The number of hydrogen-bond donors (Lipinski definition) is 1. The molecule has 1 N–H and O–H groups in total. The molecule has 0 atom stereocenters. The lowest BCUT2D eigenvalue weighted by atomic mass is 10.2. The number of halogens is 2. The lowest BCUT2D eigenvalue weighted by molar-refractivity contribution is -0.0498. The maximum atomic E-state index is 12.4. The maximum absolute atomic E-state index is 12.4. The van der Waals surface area contributed by atoms with Crippen LogP contribution in [0.1, 0.15) is 11.1 Å². The standard InChI is InChI=1S/C15H15F2NO3S/c1-10-3-4-11(2)14(9-10)22(19,20)18-12-5-7-13(8-6-12)21-15(16)17/h3-9,15,18H,1-2H3. The highest BCUT2D eigenvalue weighted by atomic mass is 32.2. The topological polar surface area (TPSA) is 55.4 Å². The minimum absolute atomic E-state index is 0.0373.